The summed E-state index contributed by atoms with van der Waals surface area (Å²) < 4.78 is 10.4. The van der Waals surface area contributed by atoms with Crippen molar-refractivity contribution >= 4 is 22.5 Å². The Morgan fingerprint density at radius 1 is 1.18 bits per heavy atom. The molecule has 0 aliphatic heterocycles. The average Bonchev–Trinajstić information content (AvgIpc) is 2.53. The summed E-state index contributed by atoms with van der Waals surface area (Å²) in [7, 11) is 1.51. The maximum absolute atomic E-state index is 12.1. The van der Waals surface area contributed by atoms with Gasteiger partial charge in [0.05, 0.1) is 12.9 Å². The Balaban J connectivity index is 1.96. The summed E-state index contributed by atoms with van der Waals surface area (Å²) in [5.74, 6) is 1.45. The van der Waals surface area contributed by atoms with Gasteiger partial charge in [0.2, 0.25) is 0 Å². The minimum Gasteiger partial charge on any atom is -0.507 e. The Labute approximate surface area is 131 Å². The van der Waals surface area contributed by atoms with E-state index in [2.05, 4.69) is 0 Å². The molecule has 0 aliphatic carbocycles. The van der Waals surface area contributed by atoms with E-state index in [4.69, 9.17) is 9.15 Å². The molecule has 0 unspecified atom stereocenters. The molecule has 0 saturated heterocycles. The van der Waals surface area contributed by atoms with Crippen molar-refractivity contribution in [2.45, 2.75) is 10.6 Å². The van der Waals surface area contributed by atoms with Gasteiger partial charge in [0.15, 0.2) is 0 Å². The van der Waals surface area contributed by atoms with Gasteiger partial charge in [-0.1, -0.05) is 18.2 Å². The van der Waals surface area contributed by atoms with Crippen LogP contribution in [0, 0.1) is 0 Å². The maximum Gasteiger partial charge on any atom is 0.347 e. The second-order valence-corrected chi connectivity index (χ2v) is 5.76. The van der Waals surface area contributed by atoms with Crippen molar-refractivity contribution in [3.8, 4) is 11.5 Å². The van der Waals surface area contributed by atoms with Crippen LogP contribution in [-0.2, 0) is 5.75 Å². The highest BCUT2D eigenvalue weighted by Crippen LogP contribution is 2.30. The lowest BCUT2D eigenvalue weighted by atomic mass is 10.1. The molecule has 3 aromatic rings. The highest BCUT2D eigenvalue weighted by atomic mass is 32.2. The van der Waals surface area contributed by atoms with Crippen molar-refractivity contribution in [1.82, 2.24) is 0 Å². The summed E-state index contributed by atoms with van der Waals surface area (Å²) in [5.41, 5.74) is -0.540. The quantitative estimate of drug-likeness (QED) is 0.742. The van der Waals surface area contributed by atoms with Crippen molar-refractivity contribution in [1.29, 1.82) is 0 Å². The van der Waals surface area contributed by atoms with Crippen molar-refractivity contribution in [2.24, 2.45) is 0 Å². The van der Waals surface area contributed by atoms with Crippen LogP contribution in [-0.4, -0.2) is 12.2 Å². The number of phenolic OH excluding ortho intramolecular Hbond substituents is 1. The molecule has 4 nitrogen and oxygen atoms in total. The molecule has 5 heteroatoms. The number of ether oxygens (including phenoxy) is 1. The van der Waals surface area contributed by atoms with E-state index in [0.717, 1.165) is 4.90 Å². The highest BCUT2D eigenvalue weighted by molar-refractivity contribution is 7.98. The number of methoxy groups -OCH3 is 1. The van der Waals surface area contributed by atoms with Crippen LogP contribution in [0.5, 0.6) is 11.5 Å². The number of phenols is 1. The van der Waals surface area contributed by atoms with Gasteiger partial charge < -0.3 is 14.3 Å². The zero-order chi connectivity index (χ0) is 15.5. The van der Waals surface area contributed by atoms with Gasteiger partial charge in [0.1, 0.15) is 22.6 Å². The molecule has 22 heavy (non-hydrogen) atoms. The molecule has 0 atom stereocenters. The number of aromatic hydroxyl groups is 1. The zero-order valence-corrected chi connectivity index (χ0v) is 12.7. The molecule has 0 radical (unpaired) electrons. The van der Waals surface area contributed by atoms with E-state index in [1.54, 1.807) is 23.9 Å². The number of hydrogen-bond acceptors (Lipinski definition) is 5. The first-order valence-corrected chi connectivity index (χ1v) is 7.67. The lowest BCUT2D eigenvalue weighted by Gasteiger charge is -2.06. The second-order valence-electron chi connectivity index (χ2n) is 4.71. The molecule has 1 heterocycles. The summed E-state index contributed by atoms with van der Waals surface area (Å²) in [4.78, 5) is 13.2. The van der Waals surface area contributed by atoms with Crippen LogP contribution in [0.4, 0.5) is 0 Å². The predicted molar refractivity (Wildman–Crippen MR) is 86.7 cm³/mol. The van der Waals surface area contributed by atoms with Gasteiger partial charge in [-0.05, 0) is 29.7 Å². The topological polar surface area (TPSA) is 59.7 Å². The first-order valence-electron chi connectivity index (χ1n) is 6.69. The van der Waals surface area contributed by atoms with Crippen LogP contribution in [0.1, 0.15) is 5.76 Å². The fourth-order valence-electron chi connectivity index (χ4n) is 2.19. The average molecular weight is 314 g/mol. The normalized spacial score (nSPS) is 10.8. The van der Waals surface area contributed by atoms with Gasteiger partial charge in [-0.15, -0.1) is 11.8 Å². The second kappa shape index (κ2) is 6.15. The van der Waals surface area contributed by atoms with Gasteiger partial charge in [0.25, 0.3) is 0 Å². The Bertz CT molecular complexity index is 856. The molecule has 112 valence electrons. The van der Waals surface area contributed by atoms with E-state index < -0.39 is 5.63 Å². The number of thioether (sulfide) groups is 1. The van der Waals surface area contributed by atoms with Gasteiger partial charge in [-0.2, -0.15) is 0 Å². The van der Waals surface area contributed by atoms with Crippen LogP contribution in [0.25, 0.3) is 10.8 Å². The SMILES string of the molecule is COc1cc(O)c2c(=O)oc(CSc3ccccc3)cc2c1. The maximum atomic E-state index is 12.1. The monoisotopic (exact) mass is 314 g/mol. The summed E-state index contributed by atoms with van der Waals surface area (Å²) in [5, 5.41) is 10.7. The van der Waals surface area contributed by atoms with E-state index >= 15 is 0 Å². The lowest BCUT2D eigenvalue weighted by molar-refractivity contribution is 0.408. The third-order valence-electron chi connectivity index (χ3n) is 3.23. The van der Waals surface area contributed by atoms with Crippen molar-refractivity contribution in [3.05, 3.63) is 64.7 Å². The molecule has 0 bridgehead atoms. The van der Waals surface area contributed by atoms with Crippen LogP contribution in [0.2, 0.25) is 0 Å². The summed E-state index contributed by atoms with van der Waals surface area (Å²) in [6.45, 7) is 0. The largest absolute Gasteiger partial charge is 0.507 e. The lowest BCUT2D eigenvalue weighted by Crippen LogP contribution is -2.02. The molecular formula is C17H14O4S. The standard InChI is InChI=1S/C17H14O4S/c1-20-12-7-11-8-13(10-22-14-5-3-2-4-6-14)21-17(19)16(11)15(18)9-12/h2-9,18H,10H2,1H3. The smallest absolute Gasteiger partial charge is 0.347 e. The Hall–Kier alpha value is -2.40. The third kappa shape index (κ3) is 2.94. The molecular weight excluding hydrogens is 300 g/mol. The first kappa shape index (κ1) is 14.5. The van der Waals surface area contributed by atoms with Crippen LogP contribution in [0.3, 0.4) is 0 Å². The van der Waals surface area contributed by atoms with Crippen molar-refractivity contribution in [2.75, 3.05) is 7.11 Å². The minimum absolute atomic E-state index is 0.134. The highest BCUT2D eigenvalue weighted by Gasteiger charge is 2.11. The zero-order valence-electron chi connectivity index (χ0n) is 11.9. The van der Waals surface area contributed by atoms with Crippen LogP contribution in [0.15, 0.2) is 62.6 Å². The molecule has 1 aromatic heterocycles. The predicted octanol–water partition coefficient (Wildman–Crippen LogP) is 3.80. The molecule has 0 aliphatic rings. The number of benzene rings is 2. The van der Waals surface area contributed by atoms with Crippen molar-refractivity contribution in [3.63, 3.8) is 0 Å². The first-order chi connectivity index (χ1) is 10.7. The van der Waals surface area contributed by atoms with E-state index in [1.165, 1.54) is 13.2 Å². The van der Waals surface area contributed by atoms with Gasteiger partial charge in [-0.3, -0.25) is 0 Å². The van der Waals surface area contributed by atoms with Gasteiger partial charge in [0, 0.05) is 11.0 Å². The van der Waals surface area contributed by atoms with Crippen LogP contribution >= 0.6 is 11.8 Å². The number of hydrogen-bond donors (Lipinski definition) is 1. The number of rotatable bonds is 4. The Kier molecular flexibility index (Phi) is 4.06. The fourth-order valence-corrected chi connectivity index (χ4v) is 2.99. The molecule has 0 saturated carbocycles. The summed E-state index contributed by atoms with van der Waals surface area (Å²) >= 11 is 1.58. The Morgan fingerprint density at radius 2 is 1.95 bits per heavy atom. The molecule has 0 fully saturated rings. The molecule has 3 rings (SSSR count). The van der Waals surface area contributed by atoms with Gasteiger partial charge in [-0.25, -0.2) is 4.79 Å². The van der Waals surface area contributed by atoms with Crippen LogP contribution < -0.4 is 10.4 Å². The van der Waals surface area contributed by atoms with Gasteiger partial charge >= 0.3 is 5.63 Å². The fraction of sp³-hybridized carbons (Fsp3) is 0.118. The minimum atomic E-state index is -0.540. The van der Waals surface area contributed by atoms with Crippen molar-refractivity contribution < 1.29 is 14.3 Å². The van der Waals surface area contributed by atoms with E-state index in [1.807, 2.05) is 30.3 Å². The molecule has 1 N–H and O–H groups in total. The summed E-state index contributed by atoms with van der Waals surface area (Å²) in [6, 6.07) is 14.7. The third-order valence-corrected chi connectivity index (χ3v) is 4.26. The Morgan fingerprint density at radius 3 is 2.68 bits per heavy atom. The molecule has 0 spiro atoms. The molecule has 0 amide bonds. The molecule has 2 aromatic carbocycles. The van der Waals surface area contributed by atoms with E-state index in [0.29, 0.717) is 22.6 Å². The number of fused-ring (bicyclic) bond motifs is 1. The van der Waals surface area contributed by atoms with E-state index in [9.17, 15) is 9.90 Å². The van der Waals surface area contributed by atoms with E-state index in [-0.39, 0.29) is 11.1 Å². The summed E-state index contributed by atoms with van der Waals surface area (Å²) in [6.07, 6.45) is 0.